The van der Waals surface area contributed by atoms with Crippen LogP contribution in [0.3, 0.4) is 0 Å². The maximum absolute atomic E-state index is 12.4. The van der Waals surface area contributed by atoms with Crippen LogP contribution in [0.25, 0.3) is 4.85 Å². The zero-order chi connectivity index (χ0) is 17.2. The Morgan fingerprint density at radius 2 is 1.91 bits per heavy atom. The lowest BCUT2D eigenvalue weighted by molar-refractivity contribution is -0.155. The van der Waals surface area contributed by atoms with Gasteiger partial charge in [0.15, 0.2) is 6.07 Å². The number of hydrogen-bond acceptors (Lipinski definition) is 3. The van der Waals surface area contributed by atoms with Gasteiger partial charge in [-0.25, -0.2) is 6.57 Å². The monoisotopic (exact) mass is 325 g/mol. The third-order valence-corrected chi connectivity index (χ3v) is 3.15. The van der Waals surface area contributed by atoms with Crippen molar-refractivity contribution < 1.29 is 30.9 Å². The van der Waals surface area contributed by atoms with Crippen molar-refractivity contribution in [2.24, 2.45) is 0 Å². The minimum Gasteiger partial charge on any atom is -0.351 e. The average Bonchev–Trinajstić information content (AvgIpc) is 2.88. The van der Waals surface area contributed by atoms with Crippen molar-refractivity contribution in [2.75, 3.05) is 0 Å². The molecule has 22 heavy (non-hydrogen) atoms. The zero-order valence-electron chi connectivity index (χ0n) is 11.1. The third kappa shape index (κ3) is 3.91. The lowest BCUT2D eigenvalue weighted by atomic mass is 9.81. The molecule has 2 unspecified atom stereocenters. The topological polar surface area (TPSA) is 54.2 Å². The Hall–Kier alpha value is -2.23. The van der Waals surface area contributed by atoms with Crippen molar-refractivity contribution in [3.05, 3.63) is 28.9 Å². The van der Waals surface area contributed by atoms with Crippen LogP contribution in [0.5, 0.6) is 0 Å². The molecule has 0 spiro atoms. The summed E-state index contributed by atoms with van der Waals surface area (Å²) >= 11 is 0. The first-order valence-electron chi connectivity index (χ1n) is 5.85. The van der Waals surface area contributed by atoms with E-state index in [4.69, 9.17) is 11.8 Å². The van der Waals surface area contributed by atoms with E-state index >= 15 is 0 Å². The number of nitriles is 1. The molecule has 4 nitrogen and oxygen atoms in total. The third-order valence-electron chi connectivity index (χ3n) is 3.15. The van der Waals surface area contributed by atoms with Crippen molar-refractivity contribution in [2.45, 2.75) is 43.6 Å². The highest BCUT2D eigenvalue weighted by molar-refractivity contribution is 5.28. The van der Waals surface area contributed by atoms with Gasteiger partial charge in [0.25, 0.3) is 0 Å². The SMILES string of the molecule is [C-]#[N+]C(C#N)(CCC(F)(F)F)C(C)c1cc(C(F)(F)F)on1. The Morgan fingerprint density at radius 3 is 2.27 bits per heavy atom. The van der Waals surface area contributed by atoms with Gasteiger partial charge in [0.2, 0.25) is 5.76 Å². The maximum atomic E-state index is 12.4. The first-order chi connectivity index (χ1) is 9.95. The largest absolute Gasteiger partial charge is 0.452 e. The maximum Gasteiger partial charge on any atom is 0.452 e. The summed E-state index contributed by atoms with van der Waals surface area (Å²) in [5, 5.41) is 12.2. The van der Waals surface area contributed by atoms with Gasteiger partial charge in [0.1, 0.15) is 0 Å². The predicted molar refractivity (Wildman–Crippen MR) is 60.2 cm³/mol. The van der Waals surface area contributed by atoms with Crippen molar-refractivity contribution in [1.29, 1.82) is 5.26 Å². The summed E-state index contributed by atoms with van der Waals surface area (Å²) < 4.78 is 78.2. The highest BCUT2D eigenvalue weighted by Gasteiger charge is 2.49. The minimum absolute atomic E-state index is 0.396. The van der Waals surface area contributed by atoms with Gasteiger partial charge >= 0.3 is 17.9 Å². The van der Waals surface area contributed by atoms with E-state index in [1.807, 2.05) is 0 Å². The van der Waals surface area contributed by atoms with Gasteiger partial charge in [-0.1, -0.05) is 5.16 Å². The van der Waals surface area contributed by atoms with E-state index in [0.717, 1.165) is 6.92 Å². The fourth-order valence-electron chi connectivity index (χ4n) is 1.75. The molecule has 1 rings (SSSR count). The van der Waals surface area contributed by atoms with Crippen LogP contribution in [0.15, 0.2) is 10.6 Å². The average molecular weight is 325 g/mol. The molecule has 0 saturated carbocycles. The number of nitrogens with zero attached hydrogens (tertiary/aromatic N) is 3. The summed E-state index contributed by atoms with van der Waals surface area (Å²) in [4.78, 5) is 2.91. The van der Waals surface area contributed by atoms with Crippen LogP contribution in [0.4, 0.5) is 26.3 Å². The van der Waals surface area contributed by atoms with E-state index in [0.29, 0.717) is 6.07 Å². The summed E-state index contributed by atoms with van der Waals surface area (Å²) in [5.74, 6) is -2.72. The molecule has 2 atom stereocenters. The predicted octanol–water partition coefficient (Wildman–Crippen LogP) is 4.32. The first-order valence-corrected chi connectivity index (χ1v) is 5.85. The molecular formula is C12H9F6N3O. The van der Waals surface area contributed by atoms with Crippen molar-refractivity contribution >= 4 is 0 Å². The van der Waals surface area contributed by atoms with Gasteiger partial charge in [-0.15, -0.1) is 0 Å². The van der Waals surface area contributed by atoms with E-state index in [1.54, 1.807) is 0 Å². The van der Waals surface area contributed by atoms with Gasteiger partial charge in [0.05, 0.1) is 18.0 Å². The van der Waals surface area contributed by atoms with Gasteiger partial charge < -0.3 is 4.52 Å². The van der Waals surface area contributed by atoms with Gasteiger partial charge in [-0.2, -0.15) is 31.6 Å². The number of rotatable bonds is 4. The zero-order valence-corrected chi connectivity index (χ0v) is 11.1. The molecular weight excluding hydrogens is 316 g/mol. The lowest BCUT2D eigenvalue weighted by Gasteiger charge is -2.20. The van der Waals surface area contributed by atoms with Crippen LogP contribution in [0, 0.1) is 17.9 Å². The Kier molecular flexibility index (Phi) is 4.76. The van der Waals surface area contributed by atoms with Crippen LogP contribution >= 0.6 is 0 Å². The molecule has 0 aliphatic rings. The molecule has 1 aromatic heterocycles. The normalized spacial score (nSPS) is 16.4. The second-order valence-corrected chi connectivity index (χ2v) is 4.60. The van der Waals surface area contributed by atoms with Gasteiger partial charge in [0, 0.05) is 12.5 Å². The standard InChI is InChI=1S/C12H9F6N3O/c1-7(8-5-9(22-21-8)12(16,17)18)10(6-19,20-2)3-4-11(13,14)15/h5,7H,3-4H2,1H3. The quantitative estimate of drug-likeness (QED) is 0.612. The van der Waals surface area contributed by atoms with Crippen LogP contribution in [-0.4, -0.2) is 16.9 Å². The fraction of sp³-hybridized carbons (Fsp3) is 0.583. The second-order valence-electron chi connectivity index (χ2n) is 4.60. The van der Waals surface area contributed by atoms with Gasteiger partial charge in [-0.05, 0) is 6.92 Å². The number of halogens is 6. The molecule has 0 aliphatic carbocycles. The Morgan fingerprint density at radius 1 is 1.32 bits per heavy atom. The van der Waals surface area contributed by atoms with E-state index in [2.05, 4.69) is 14.5 Å². The smallest absolute Gasteiger partial charge is 0.351 e. The lowest BCUT2D eigenvalue weighted by Crippen LogP contribution is -2.31. The highest BCUT2D eigenvalue weighted by Crippen LogP contribution is 2.39. The Balaban J connectivity index is 3.09. The van der Waals surface area contributed by atoms with E-state index in [9.17, 15) is 26.3 Å². The number of aromatic nitrogens is 1. The molecule has 1 heterocycles. The molecule has 0 bridgehead atoms. The van der Waals surface area contributed by atoms with E-state index in [-0.39, 0.29) is 0 Å². The van der Waals surface area contributed by atoms with Crippen LogP contribution in [-0.2, 0) is 6.18 Å². The molecule has 120 valence electrons. The van der Waals surface area contributed by atoms with Crippen molar-refractivity contribution in [1.82, 2.24) is 5.16 Å². The molecule has 0 saturated heterocycles. The molecule has 0 aromatic carbocycles. The van der Waals surface area contributed by atoms with Crippen molar-refractivity contribution in [3.8, 4) is 6.07 Å². The summed E-state index contributed by atoms with van der Waals surface area (Å²) in [7, 11) is 0. The minimum atomic E-state index is -4.82. The molecule has 0 aliphatic heterocycles. The summed E-state index contributed by atoms with van der Waals surface area (Å²) in [6.07, 6.45) is -11.7. The van der Waals surface area contributed by atoms with Crippen LogP contribution in [0.2, 0.25) is 0 Å². The highest BCUT2D eigenvalue weighted by atomic mass is 19.4. The summed E-state index contributed by atoms with van der Waals surface area (Å²) in [6, 6.07) is 1.95. The number of hydrogen-bond donors (Lipinski definition) is 0. The van der Waals surface area contributed by atoms with E-state index in [1.165, 1.54) is 6.07 Å². The van der Waals surface area contributed by atoms with Crippen LogP contribution in [0.1, 0.15) is 37.1 Å². The van der Waals surface area contributed by atoms with Crippen molar-refractivity contribution in [3.63, 3.8) is 0 Å². The summed E-state index contributed by atoms with van der Waals surface area (Å²) in [6.45, 7) is 8.14. The fourth-order valence-corrected chi connectivity index (χ4v) is 1.75. The van der Waals surface area contributed by atoms with E-state index < -0.39 is 48.1 Å². The molecule has 10 heteroatoms. The number of alkyl halides is 6. The molecule has 0 N–H and O–H groups in total. The Bertz CT molecular complexity index is 590. The molecule has 0 amide bonds. The molecule has 0 radical (unpaired) electrons. The summed E-state index contributed by atoms with van der Waals surface area (Å²) in [5.41, 5.74) is -2.57. The second kappa shape index (κ2) is 5.87. The Labute approximate surface area is 121 Å². The van der Waals surface area contributed by atoms with Crippen LogP contribution < -0.4 is 0 Å². The molecule has 0 fully saturated rings. The first kappa shape index (κ1) is 17.8. The molecule has 1 aromatic rings. The van der Waals surface area contributed by atoms with Gasteiger partial charge in [-0.3, -0.25) is 4.85 Å².